The van der Waals surface area contributed by atoms with E-state index in [4.69, 9.17) is 13.9 Å². The van der Waals surface area contributed by atoms with E-state index in [1.165, 1.54) is 0 Å². The van der Waals surface area contributed by atoms with Crippen LogP contribution in [0.2, 0.25) is 0 Å². The van der Waals surface area contributed by atoms with E-state index < -0.39 is 0 Å². The number of carbonyl (C=O) groups excluding carboxylic acids is 1. The summed E-state index contributed by atoms with van der Waals surface area (Å²) in [5.74, 6) is 1.14. The van der Waals surface area contributed by atoms with E-state index in [-0.39, 0.29) is 5.91 Å². The Balaban J connectivity index is 1.67. The highest BCUT2D eigenvalue weighted by molar-refractivity contribution is 9.10. The highest BCUT2D eigenvalue weighted by Crippen LogP contribution is 2.37. The fourth-order valence-corrected chi connectivity index (χ4v) is 3.78. The van der Waals surface area contributed by atoms with E-state index in [0.717, 1.165) is 43.5 Å². The number of carbonyl (C=O) groups is 1. The number of amides is 1. The molecule has 0 saturated heterocycles. The summed E-state index contributed by atoms with van der Waals surface area (Å²) in [7, 11) is 3.21. The van der Waals surface area contributed by atoms with Crippen molar-refractivity contribution in [2.75, 3.05) is 19.5 Å². The van der Waals surface area contributed by atoms with Gasteiger partial charge >= 0.3 is 0 Å². The normalized spacial score (nSPS) is 11.4. The number of methoxy groups -OCH3 is 2. The van der Waals surface area contributed by atoms with Crippen molar-refractivity contribution >= 4 is 44.1 Å². The van der Waals surface area contributed by atoms with Gasteiger partial charge in [0.25, 0.3) is 0 Å². The van der Waals surface area contributed by atoms with Gasteiger partial charge in [-0.05, 0) is 60.5 Å². The molecule has 0 aliphatic heterocycles. The number of rotatable bonds is 6. The van der Waals surface area contributed by atoms with Crippen molar-refractivity contribution in [3.63, 3.8) is 0 Å². The summed E-state index contributed by atoms with van der Waals surface area (Å²) in [6.07, 6.45) is 3.31. The van der Waals surface area contributed by atoms with Crippen molar-refractivity contribution in [3.8, 4) is 22.6 Å². The Morgan fingerprint density at radius 2 is 1.72 bits per heavy atom. The van der Waals surface area contributed by atoms with Crippen LogP contribution in [0.25, 0.3) is 27.7 Å². The average Bonchev–Trinajstić information content (AvgIpc) is 3.22. The maximum absolute atomic E-state index is 12.6. The van der Waals surface area contributed by atoms with Crippen LogP contribution in [-0.2, 0) is 4.79 Å². The van der Waals surface area contributed by atoms with Gasteiger partial charge < -0.3 is 19.2 Å². The third-order valence-corrected chi connectivity index (χ3v) is 5.71. The molecule has 4 rings (SSSR count). The first kappa shape index (κ1) is 21.7. The van der Waals surface area contributed by atoms with E-state index in [1.54, 1.807) is 50.8 Å². The zero-order valence-corrected chi connectivity index (χ0v) is 19.5. The minimum absolute atomic E-state index is 0.227. The van der Waals surface area contributed by atoms with E-state index in [2.05, 4.69) is 21.2 Å². The standard InChI is InChI=1S/C26H22BrNO4/c1-16(12-26(29)28-19-8-10-20(30-2)11-9-19)21-13-22-23(17-4-6-18(27)7-5-17)15-32-25(22)14-24(21)31-3/h4-15H,1-3H3,(H,28,29)/b16-12+. The van der Waals surface area contributed by atoms with Crippen LogP contribution in [0, 0.1) is 0 Å². The van der Waals surface area contributed by atoms with Crippen LogP contribution in [0.15, 0.2) is 81.9 Å². The number of halogens is 1. The molecule has 0 saturated carbocycles. The van der Waals surface area contributed by atoms with Crippen LogP contribution in [0.5, 0.6) is 11.5 Å². The maximum Gasteiger partial charge on any atom is 0.248 e. The number of fused-ring (bicyclic) bond motifs is 1. The highest BCUT2D eigenvalue weighted by atomic mass is 79.9. The summed E-state index contributed by atoms with van der Waals surface area (Å²) < 4.78 is 17.5. The molecule has 4 aromatic rings. The minimum atomic E-state index is -0.227. The number of hydrogen-bond donors (Lipinski definition) is 1. The quantitative estimate of drug-likeness (QED) is 0.297. The van der Waals surface area contributed by atoms with Crippen LogP contribution in [0.3, 0.4) is 0 Å². The number of furan rings is 1. The van der Waals surface area contributed by atoms with Crippen LogP contribution in [0.1, 0.15) is 12.5 Å². The van der Waals surface area contributed by atoms with Crippen LogP contribution >= 0.6 is 15.9 Å². The van der Waals surface area contributed by atoms with Gasteiger partial charge in [0.2, 0.25) is 5.91 Å². The molecule has 0 unspecified atom stereocenters. The number of anilines is 1. The summed E-state index contributed by atoms with van der Waals surface area (Å²) in [6.45, 7) is 1.89. The third kappa shape index (κ3) is 4.55. The zero-order valence-electron chi connectivity index (χ0n) is 17.9. The second kappa shape index (κ2) is 9.32. The summed E-state index contributed by atoms with van der Waals surface area (Å²) in [5, 5.41) is 3.82. The molecule has 6 heteroatoms. The van der Waals surface area contributed by atoms with E-state index in [0.29, 0.717) is 11.4 Å². The van der Waals surface area contributed by atoms with Crippen LogP contribution < -0.4 is 14.8 Å². The molecule has 0 radical (unpaired) electrons. The summed E-state index contributed by atoms with van der Waals surface area (Å²) in [5.41, 5.74) is 5.03. The van der Waals surface area contributed by atoms with Gasteiger partial charge in [-0.3, -0.25) is 4.79 Å². The molecule has 1 heterocycles. The first-order valence-electron chi connectivity index (χ1n) is 9.97. The molecule has 5 nitrogen and oxygen atoms in total. The Hall–Kier alpha value is -3.51. The first-order chi connectivity index (χ1) is 15.5. The SMILES string of the molecule is COc1ccc(NC(=O)/C=C(\C)c2cc3c(-c4ccc(Br)cc4)coc3cc2OC)cc1. The summed E-state index contributed by atoms with van der Waals surface area (Å²) in [6, 6.07) is 19.1. The highest BCUT2D eigenvalue weighted by Gasteiger charge is 2.15. The minimum Gasteiger partial charge on any atom is -0.497 e. The molecule has 32 heavy (non-hydrogen) atoms. The second-order valence-corrected chi connectivity index (χ2v) is 8.17. The Morgan fingerprint density at radius 1 is 1.00 bits per heavy atom. The molecular weight excluding hydrogens is 470 g/mol. The van der Waals surface area contributed by atoms with Gasteiger partial charge in [0.1, 0.15) is 17.1 Å². The maximum atomic E-state index is 12.6. The van der Waals surface area contributed by atoms with Crippen molar-refractivity contribution in [1.82, 2.24) is 0 Å². The summed E-state index contributed by atoms with van der Waals surface area (Å²) >= 11 is 3.47. The zero-order chi connectivity index (χ0) is 22.7. The summed E-state index contributed by atoms with van der Waals surface area (Å²) in [4.78, 5) is 12.6. The van der Waals surface area contributed by atoms with Gasteiger partial charge in [0.05, 0.1) is 20.5 Å². The second-order valence-electron chi connectivity index (χ2n) is 7.25. The van der Waals surface area contributed by atoms with Crippen molar-refractivity contribution in [3.05, 3.63) is 83.0 Å². The van der Waals surface area contributed by atoms with Crippen LogP contribution in [0.4, 0.5) is 5.69 Å². The Bertz CT molecular complexity index is 1290. The fraction of sp³-hybridized carbons (Fsp3) is 0.115. The predicted octanol–water partition coefficient (Wildman–Crippen LogP) is 6.92. The first-order valence-corrected chi connectivity index (χ1v) is 10.8. The number of hydrogen-bond acceptors (Lipinski definition) is 4. The molecule has 1 amide bonds. The fourth-order valence-electron chi connectivity index (χ4n) is 3.51. The van der Waals surface area contributed by atoms with Gasteiger partial charge in [0.15, 0.2) is 0 Å². The molecule has 0 atom stereocenters. The van der Waals surface area contributed by atoms with Crippen molar-refractivity contribution in [2.24, 2.45) is 0 Å². The Labute approximate surface area is 194 Å². The smallest absolute Gasteiger partial charge is 0.248 e. The van der Waals surface area contributed by atoms with Crippen molar-refractivity contribution in [1.29, 1.82) is 0 Å². The molecule has 0 spiro atoms. The Morgan fingerprint density at radius 3 is 2.38 bits per heavy atom. The van der Waals surface area contributed by atoms with Gasteiger partial charge in [-0.15, -0.1) is 0 Å². The largest absolute Gasteiger partial charge is 0.497 e. The lowest BCUT2D eigenvalue weighted by Gasteiger charge is -2.10. The van der Waals surface area contributed by atoms with Crippen molar-refractivity contribution < 1.29 is 18.7 Å². The monoisotopic (exact) mass is 491 g/mol. The number of ether oxygens (including phenoxy) is 2. The predicted molar refractivity (Wildman–Crippen MR) is 131 cm³/mol. The van der Waals surface area contributed by atoms with Gasteiger partial charge in [0, 0.05) is 38.8 Å². The average molecular weight is 492 g/mol. The molecule has 0 aliphatic rings. The van der Waals surface area contributed by atoms with Crippen LogP contribution in [-0.4, -0.2) is 20.1 Å². The molecule has 0 fully saturated rings. The lowest BCUT2D eigenvalue weighted by molar-refractivity contribution is -0.111. The van der Waals surface area contributed by atoms with Gasteiger partial charge in [-0.1, -0.05) is 28.1 Å². The van der Waals surface area contributed by atoms with Crippen molar-refractivity contribution in [2.45, 2.75) is 6.92 Å². The number of benzene rings is 3. The molecule has 3 aromatic carbocycles. The number of allylic oxidation sites excluding steroid dienone is 1. The molecular formula is C26H22BrNO4. The number of nitrogens with one attached hydrogen (secondary N) is 1. The molecule has 1 N–H and O–H groups in total. The molecule has 0 aliphatic carbocycles. The van der Waals surface area contributed by atoms with E-state index >= 15 is 0 Å². The molecule has 1 aromatic heterocycles. The molecule has 0 bridgehead atoms. The van der Waals surface area contributed by atoms with Gasteiger partial charge in [-0.2, -0.15) is 0 Å². The van der Waals surface area contributed by atoms with Gasteiger partial charge in [-0.25, -0.2) is 0 Å². The molecule has 162 valence electrons. The third-order valence-electron chi connectivity index (χ3n) is 5.18. The topological polar surface area (TPSA) is 60.7 Å². The van der Waals surface area contributed by atoms with E-state index in [9.17, 15) is 4.79 Å². The lowest BCUT2D eigenvalue weighted by Crippen LogP contribution is -2.08. The lowest BCUT2D eigenvalue weighted by atomic mass is 9.99. The van der Waals surface area contributed by atoms with E-state index in [1.807, 2.05) is 43.3 Å². The Kier molecular flexibility index (Phi) is 6.32.